The molecule has 0 fully saturated rings. The Morgan fingerprint density at radius 1 is 1.38 bits per heavy atom. The molecule has 1 aromatic heterocycles. The summed E-state index contributed by atoms with van der Waals surface area (Å²) in [6.45, 7) is 11.7. The number of nitrogens with one attached hydrogen (secondary N) is 1. The number of hydrogen-bond donors (Lipinski definition) is 1. The molecule has 0 radical (unpaired) electrons. The van der Waals surface area contributed by atoms with Gasteiger partial charge in [0.1, 0.15) is 10.6 Å². The van der Waals surface area contributed by atoms with E-state index in [1.165, 1.54) is 0 Å². The lowest BCUT2D eigenvalue weighted by atomic mass is 10.0. The standard InChI is InChI=1S/C18H27N3O2S/c1-8-15-19-16-13(12(3)20-24(23)18(4,5)6)9-11(2)10-14(16)17(22)21(15)7/h9-10,12,20H,8H2,1-7H3. The van der Waals surface area contributed by atoms with Crippen LogP contribution in [0, 0.1) is 6.92 Å². The smallest absolute Gasteiger partial charge is 0.261 e. The van der Waals surface area contributed by atoms with Crippen molar-refractivity contribution >= 4 is 22.3 Å². The molecule has 24 heavy (non-hydrogen) atoms. The maximum Gasteiger partial charge on any atom is 0.261 e. The summed E-state index contributed by atoms with van der Waals surface area (Å²) in [5.41, 5.74) is 2.57. The minimum Gasteiger partial charge on any atom is -0.598 e. The first-order valence-corrected chi connectivity index (χ1v) is 9.39. The van der Waals surface area contributed by atoms with Crippen LogP contribution in [-0.4, -0.2) is 18.9 Å². The number of rotatable bonds is 4. The molecule has 132 valence electrons. The number of aromatic nitrogens is 2. The highest BCUT2D eigenvalue weighted by atomic mass is 32.2. The van der Waals surface area contributed by atoms with E-state index in [0.29, 0.717) is 17.3 Å². The molecule has 2 unspecified atom stereocenters. The van der Waals surface area contributed by atoms with Gasteiger partial charge in [0.2, 0.25) is 0 Å². The number of fused-ring (bicyclic) bond motifs is 1. The van der Waals surface area contributed by atoms with Crippen molar-refractivity contribution in [3.63, 3.8) is 0 Å². The average molecular weight is 350 g/mol. The molecule has 0 saturated carbocycles. The topological polar surface area (TPSA) is 70.0 Å². The van der Waals surface area contributed by atoms with Gasteiger partial charge in [-0.2, -0.15) is 0 Å². The molecule has 0 aliphatic rings. The summed E-state index contributed by atoms with van der Waals surface area (Å²) in [6.07, 6.45) is 0.685. The molecule has 1 N–H and O–H groups in total. The molecule has 5 nitrogen and oxygen atoms in total. The van der Waals surface area contributed by atoms with E-state index in [4.69, 9.17) is 4.98 Å². The second kappa shape index (κ2) is 6.86. The molecule has 0 amide bonds. The summed E-state index contributed by atoms with van der Waals surface area (Å²) >= 11 is -1.20. The monoisotopic (exact) mass is 349 g/mol. The third-order valence-corrected chi connectivity index (χ3v) is 5.75. The lowest BCUT2D eigenvalue weighted by molar-refractivity contribution is 0.531. The van der Waals surface area contributed by atoms with E-state index in [0.717, 1.165) is 17.0 Å². The Labute approximate surface area is 146 Å². The zero-order valence-corrected chi connectivity index (χ0v) is 16.4. The predicted octanol–water partition coefficient (Wildman–Crippen LogP) is 2.92. The lowest BCUT2D eigenvalue weighted by Crippen LogP contribution is -2.40. The van der Waals surface area contributed by atoms with E-state index in [9.17, 15) is 9.35 Å². The van der Waals surface area contributed by atoms with Gasteiger partial charge in [-0.25, -0.2) is 4.98 Å². The fraction of sp³-hybridized carbons (Fsp3) is 0.556. The van der Waals surface area contributed by atoms with Gasteiger partial charge < -0.3 is 4.55 Å². The predicted molar refractivity (Wildman–Crippen MR) is 101 cm³/mol. The average Bonchev–Trinajstić information content (AvgIpc) is 2.49. The number of aryl methyl sites for hydroxylation is 2. The third-order valence-electron chi connectivity index (χ3n) is 4.07. The quantitative estimate of drug-likeness (QED) is 0.862. The van der Waals surface area contributed by atoms with Crippen LogP contribution in [0.3, 0.4) is 0 Å². The van der Waals surface area contributed by atoms with E-state index in [2.05, 4.69) is 4.72 Å². The van der Waals surface area contributed by atoms with Crippen LogP contribution in [0.25, 0.3) is 10.9 Å². The van der Waals surface area contributed by atoms with Gasteiger partial charge in [-0.1, -0.05) is 13.0 Å². The zero-order valence-electron chi connectivity index (χ0n) is 15.6. The van der Waals surface area contributed by atoms with Crippen molar-refractivity contribution < 1.29 is 4.55 Å². The van der Waals surface area contributed by atoms with E-state index in [-0.39, 0.29) is 16.3 Å². The van der Waals surface area contributed by atoms with Crippen molar-refractivity contribution in [2.24, 2.45) is 7.05 Å². The maximum atomic E-state index is 12.7. The first-order valence-electron chi connectivity index (χ1n) is 8.24. The Morgan fingerprint density at radius 2 is 2.00 bits per heavy atom. The molecule has 0 spiro atoms. The van der Waals surface area contributed by atoms with Gasteiger partial charge in [0.15, 0.2) is 0 Å². The molecular weight excluding hydrogens is 322 g/mol. The molecule has 0 aliphatic heterocycles. The van der Waals surface area contributed by atoms with Crippen LogP contribution in [0.15, 0.2) is 16.9 Å². The van der Waals surface area contributed by atoms with Gasteiger partial charge in [0.05, 0.1) is 16.9 Å². The molecule has 0 bridgehead atoms. The molecule has 2 rings (SSSR count). The van der Waals surface area contributed by atoms with Gasteiger partial charge in [0, 0.05) is 30.4 Å². The summed E-state index contributed by atoms with van der Waals surface area (Å²) in [5, 5.41) is 0.611. The van der Waals surface area contributed by atoms with E-state index >= 15 is 0 Å². The van der Waals surface area contributed by atoms with Crippen molar-refractivity contribution in [3.05, 3.63) is 39.4 Å². The van der Waals surface area contributed by atoms with Crippen LogP contribution >= 0.6 is 0 Å². The largest absolute Gasteiger partial charge is 0.598 e. The minimum absolute atomic E-state index is 0.0362. The molecule has 1 heterocycles. The van der Waals surface area contributed by atoms with Crippen molar-refractivity contribution in [1.29, 1.82) is 0 Å². The van der Waals surface area contributed by atoms with Gasteiger partial charge in [-0.05, 0) is 46.2 Å². The summed E-state index contributed by atoms with van der Waals surface area (Å²) in [4.78, 5) is 17.4. The lowest BCUT2D eigenvalue weighted by Gasteiger charge is -2.27. The SMILES string of the molecule is CCc1nc2c(C(C)N[S+]([O-])C(C)(C)C)cc(C)cc2c(=O)n1C. The van der Waals surface area contributed by atoms with Gasteiger partial charge in [0.25, 0.3) is 5.56 Å². The summed E-state index contributed by atoms with van der Waals surface area (Å²) in [5.74, 6) is 0.752. The summed E-state index contributed by atoms with van der Waals surface area (Å²) < 4.78 is 16.8. The van der Waals surface area contributed by atoms with Crippen LogP contribution in [-0.2, 0) is 24.8 Å². The van der Waals surface area contributed by atoms with Crippen LogP contribution in [0.1, 0.15) is 57.6 Å². The van der Waals surface area contributed by atoms with Crippen molar-refractivity contribution in [1.82, 2.24) is 14.3 Å². The number of benzene rings is 1. The Morgan fingerprint density at radius 3 is 2.54 bits per heavy atom. The minimum atomic E-state index is -1.20. The Bertz CT molecular complexity index is 808. The van der Waals surface area contributed by atoms with Crippen LogP contribution in [0.5, 0.6) is 0 Å². The van der Waals surface area contributed by atoms with Gasteiger partial charge in [-0.3, -0.25) is 9.36 Å². The molecule has 6 heteroatoms. The van der Waals surface area contributed by atoms with Crippen molar-refractivity contribution in [3.8, 4) is 0 Å². The first kappa shape index (κ1) is 19.0. The fourth-order valence-electron chi connectivity index (χ4n) is 2.64. The summed E-state index contributed by atoms with van der Waals surface area (Å²) in [6, 6.07) is 3.73. The van der Waals surface area contributed by atoms with Crippen LogP contribution < -0.4 is 10.3 Å². The molecule has 1 aromatic carbocycles. The molecule has 2 aromatic rings. The first-order chi connectivity index (χ1) is 11.1. The molecule has 2 atom stereocenters. The Kier molecular flexibility index (Phi) is 5.42. The van der Waals surface area contributed by atoms with Gasteiger partial charge >= 0.3 is 0 Å². The van der Waals surface area contributed by atoms with Crippen molar-refractivity contribution in [2.75, 3.05) is 0 Å². The number of nitrogens with zero attached hydrogens (tertiary/aromatic N) is 2. The fourth-order valence-corrected chi connectivity index (χ4v) is 3.45. The molecular formula is C18H27N3O2S. The normalized spacial score (nSPS) is 14.8. The summed E-state index contributed by atoms with van der Waals surface area (Å²) in [7, 11) is 1.76. The van der Waals surface area contributed by atoms with E-state index in [1.807, 2.05) is 53.7 Å². The Hall–Kier alpha value is -1.37. The second-order valence-electron chi connectivity index (χ2n) is 7.22. The van der Waals surface area contributed by atoms with E-state index in [1.54, 1.807) is 11.6 Å². The number of hydrogen-bond acceptors (Lipinski definition) is 4. The van der Waals surface area contributed by atoms with Crippen molar-refractivity contribution in [2.45, 2.75) is 58.8 Å². The zero-order chi connectivity index (χ0) is 18.2. The van der Waals surface area contributed by atoms with E-state index < -0.39 is 11.4 Å². The highest BCUT2D eigenvalue weighted by Crippen LogP contribution is 2.25. The van der Waals surface area contributed by atoms with Crippen LogP contribution in [0.2, 0.25) is 0 Å². The highest BCUT2D eigenvalue weighted by Gasteiger charge is 2.29. The maximum absolute atomic E-state index is 12.7. The molecule has 0 aliphatic carbocycles. The molecule has 0 saturated heterocycles. The van der Waals surface area contributed by atoms with Gasteiger partial charge in [-0.15, -0.1) is 4.72 Å². The Balaban J connectivity index is 2.61. The van der Waals surface area contributed by atoms with Crippen LogP contribution in [0.4, 0.5) is 0 Å². The highest BCUT2D eigenvalue weighted by molar-refractivity contribution is 7.90. The second-order valence-corrected chi connectivity index (χ2v) is 9.21. The third kappa shape index (κ3) is 3.66.